The first-order valence-corrected chi connectivity index (χ1v) is 10.7. The van der Waals surface area contributed by atoms with E-state index in [1.165, 1.54) is 11.1 Å². The Morgan fingerprint density at radius 1 is 0.938 bits per heavy atom. The minimum absolute atomic E-state index is 0.0633. The number of carbonyl (C=O) groups is 1. The van der Waals surface area contributed by atoms with Crippen molar-refractivity contribution in [2.24, 2.45) is 0 Å². The number of hydrogen-bond donors (Lipinski definition) is 1. The van der Waals surface area contributed by atoms with Crippen molar-refractivity contribution in [3.63, 3.8) is 0 Å². The number of hydrogen-bond acceptors (Lipinski definition) is 4. The maximum Gasteiger partial charge on any atom is 0.258 e. The molecule has 0 unspecified atom stereocenters. The zero-order valence-corrected chi connectivity index (χ0v) is 18.4. The molecule has 0 aliphatic carbocycles. The third-order valence-corrected chi connectivity index (χ3v) is 5.14. The first kappa shape index (κ1) is 21.4. The smallest absolute Gasteiger partial charge is 0.258 e. The van der Waals surface area contributed by atoms with E-state index in [-0.39, 0.29) is 12.5 Å². The minimum Gasteiger partial charge on any atom is -0.494 e. The lowest BCUT2D eigenvalue weighted by Gasteiger charge is -2.11. The van der Waals surface area contributed by atoms with Gasteiger partial charge in [0, 0.05) is 6.54 Å². The van der Waals surface area contributed by atoms with Gasteiger partial charge in [-0.25, -0.2) is 4.98 Å². The van der Waals surface area contributed by atoms with Gasteiger partial charge in [0.2, 0.25) is 0 Å². The fourth-order valence-electron chi connectivity index (χ4n) is 3.49. The summed E-state index contributed by atoms with van der Waals surface area (Å²) in [6.45, 7) is 5.57. The maximum absolute atomic E-state index is 12.4. The van der Waals surface area contributed by atoms with Crippen LogP contribution >= 0.6 is 0 Å². The van der Waals surface area contributed by atoms with Crippen molar-refractivity contribution in [1.82, 2.24) is 14.9 Å². The van der Waals surface area contributed by atoms with Gasteiger partial charge in [-0.15, -0.1) is 0 Å². The van der Waals surface area contributed by atoms with Crippen LogP contribution < -0.4 is 14.8 Å². The zero-order valence-electron chi connectivity index (χ0n) is 18.4. The van der Waals surface area contributed by atoms with E-state index < -0.39 is 0 Å². The number of fused-ring (bicyclic) bond motifs is 1. The lowest BCUT2D eigenvalue weighted by Crippen LogP contribution is -2.29. The molecular weight excluding hydrogens is 402 g/mol. The van der Waals surface area contributed by atoms with Crippen LogP contribution in [-0.2, 0) is 17.9 Å². The predicted octanol–water partition coefficient (Wildman–Crippen LogP) is 4.49. The summed E-state index contributed by atoms with van der Waals surface area (Å²) in [5.74, 6) is 2.00. The predicted molar refractivity (Wildman–Crippen MR) is 125 cm³/mol. The molecule has 1 heterocycles. The lowest BCUT2D eigenvalue weighted by molar-refractivity contribution is -0.123. The van der Waals surface area contributed by atoms with Gasteiger partial charge < -0.3 is 19.4 Å². The van der Waals surface area contributed by atoms with Crippen LogP contribution in [0.15, 0.2) is 72.8 Å². The second kappa shape index (κ2) is 10.0. The fraction of sp³-hybridized carbons (Fsp3) is 0.231. The quantitative estimate of drug-likeness (QED) is 0.426. The number of carbonyl (C=O) groups excluding carboxylic acids is 1. The molecule has 4 aromatic rings. The molecule has 6 nitrogen and oxygen atoms in total. The van der Waals surface area contributed by atoms with E-state index >= 15 is 0 Å². The average Bonchev–Trinajstić information content (AvgIpc) is 3.16. The summed E-state index contributed by atoms with van der Waals surface area (Å²) in [6, 6.07) is 23.7. The number of para-hydroxylation sites is 2. The van der Waals surface area contributed by atoms with E-state index in [0.29, 0.717) is 25.4 Å². The second-order valence-corrected chi connectivity index (χ2v) is 7.56. The molecule has 32 heavy (non-hydrogen) atoms. The first-order valence-electron chi connectivity index (χ1n) is 10.7. The summed E-state index contributed by atoms with van der Waals surface area (Å²) >= 11 is 0. The normalized spacial score (nSPS) is 10.8. The Kier molecular flexibility index (Phi) is 6.70. The first-order chi connectivity index (χ1) is 15.6. The molecule has 0 atom stereocenters. The molecule has 0 aliphatic heterocycles. The molecule has 4 rings (SSSR count). The Morgan fingerprint density at radius 3 is 2.34 bits per heavy atom. The molecule has 1 amide bonds. The van der Waals surface area contributed by atoms with Crippen LogP contribution in [0.5, 0.6) is 11.5 Å². The number of benzene rings is 3. The highest BCUT2D eigenvalue weighted by Crippen LogP contribution is 2.19. The third kappa shape index (κ3) is 5.27. The van der Waals surface area contributed by atoms with Gasteiger partial charge in [0.05, 0.1) is 24.2 Å². The van der Waals surface area contributed by atoms with E-state index in [0.717, 1.165) is 22.6 Å². The summed E-state index contributed by atoms with van der Waals surface area (Å²) in [7, 11) is 0. The van der Waals surface area contributed by atoms with Crippen molar-refractivity contribution in [1.29, 1.82) is 0 Å². The summed E-state index contributed by atoms with van der Waals surface area (Å²) in [5.41, 5.74) is 4.37. The molecule has 0 aliphatic rings. The molecule has 0 radical (unpaired) electrons. The Balaban J connectivity index is 1.41. The lowest BCUT2D eigenvalue weighted by atomic mass is 10.1. The van der Waals surface area contributed by atoms with E-state index in [1.807, 2.05) is 37.3 Å². The van der Waals surface area contributed by atoms with Crippen LogP contribution in [0.25, 0.3) is 11.0 Å². The monoisotopic (exact) mass is 429 g/mol. The minimum atomic E-state index is -0.201. The van der Waals surface area contributed by atoms with Crippen molar-refractivity contribution in [3.05, 3.63) is 89.7 Å². The van der Waals surface area contributed by atoms with Crippen molar-refractivity contribution in [2.45, 2.75) is 26.9 Å². The van der Waals surface area contributed by atoms with Gasteiger partial charge in [-0.05, 0) is 55.8 Å². The maximum atomic E-state index is 12.4. The highest BCUT2D eigenvalue weighted by Gasteiger charge is 2.12. The Hall–Kier alpha value is -3.80. The number of imidazole rings is 1. The number of rotatable bonds is 9. The molecule has 0 spiro atoms. The number of amides is 1. The molecule has 0 saturated carbocycles. The van der Waals surface area contributed by atoms with Crippen LogP contribution in [0.1, 0.15) is 23.9 Å². The van der Waals surface area contributed by atoms with Gasteiger partial charge in [0.1, 0.15) is 17.3 Å². The molecule has 1 aromatic heterocycles. The van der Waals surface area contributed by atoms with Gasteiger partial charge in [0.25, 0.3) is 5.91 Å². The summed E-state index contributed by atoms with van der Waals surface area (Å²) in [6.07, 6.45) is 0. The molecule has 3 aromatic carbocycles. The van der Waals surface area contributed by atoms with Crippen molar-refractivity contribution >= 4 is 16.9 Å². The van der Waals surface area contributed by atoms with Crippen molar-refractivity contribution < 1.29 is 14.3 Å². The highest BCUT2D eigenvalue weighted by molar-refractivity contribution is 5.78. The Morgan fingerprint density at radius 2 is 1.62 bits per heavy atom. The van der Waals surface area contributed by atoms with Gasteiger partial charge in [-0.1, -0.05) is 42.0 Å². The van der Waals surface area contributed by atoms with Crippen LogP contribution in [0.2, 0.25) is 0 Å². The molecule has 0 bridgehead atoms. The van der Waals surface area contributed by atoms with E-state index in [9.17, 15) is 4.79 Å². The molecule has 6 heteroatoms. The van der Waals surface area contributed by atoms with E-state index in [4.69, 9.17) is 14.5 Å². The molecule has 1 N–H and O–H groups in total. The summed E-state index contributed by atoms with van der Waals surface area (Å²) < 4.78 is 13.2. The topological polar surface area (TPSA) is 65.4 Å². The number of nitrogens with one attached hydrogen (secondary N) is 1. The van der Waals surface area contributed by atoms with Crippen molar-refractivity contribution in [3.8, 4) is 11.5 Å². The second-order valence-electron chi connectivity index (χ2n) is 7.56. The standard InChI is InChI=1S/C26H27N3O3/c1-3-31-21-12-14-22(15-13-21)32-18-26(30)27-16-25-28-23-6-4-5-7-24(23)29(25)17-20-10-8-19(2)9-11-20/h4-15H,3,16-18H2,1-2H3,(H,27,30). The van der Waals surface area contributed by atoms with Gasteiger partial charge in [0.15, 0.2) is 6.61 Å². The number of aromatic nitrogens is 2. The Labute approximate surface area is 187 Å². The number of ether oxygens (including phenoxy) is 2. The third-order valence-electron chi connectivity index (χ3n) is 5.14. The zero-order chi connectivity index (χ0) is 22.3. The fourth-order valence-corrected chi connectivity index (χ4v) is 3.49. The Bertz CT molecular complexity index is 1180. The van der Waals surface area contributed by atoms with E-state index in [1.54, 1.807) is 12.1 Å². The van der Waals surface area contributed by atoms with Gasteiger partial charge >= 0.3 is 0 Å². The largest absolute Gasteiger partial charge is 0.494 e. The number of nitrogens with zero attached hydrogens (tertiary/aromatic N) is 2. The number of aryl methyl sites for hydroxylation is 1. The SMILES string of the molecule is CCOc1ccc(OCC(=O)NCc2nc3ccccc3n2Cc2ccc(C)cc2)cc1. The summed E-state index contributed by atoms with van der Waals surface area (Å²) in [4.78, 5) is 17.1. The highest BCUT2D eigenvalue weighted by atomic mass is 16.5. The molecule has 164 valence electrons. The van der Waals surface area contributed by atoms with Crippen LogP contribution in [-0.4, -0.2) is 28.7 Å². The van der Waals surface area contributed by atoms with Gasteiger partial charge in [-0.2, -0.15) is 0 Å². The average molecular weight is 430 g/mol. The summed E-state index contributed by atoms with van der Waals surface area (Å²) in [5, 5.41) is 2.93. The van der Waals surface area contributed by atoms with Crippen LogP contribution in [0.3, 0.4) is 0 Å². The van der Waals surface area contributed by atoms with Crippen molar-refractivity contribution in [2.75, 3.05) is 13.2 Å². The van der Waals surface area contributed by atoms with E-state index in [2.05, 4.69) is 47.1 Å². The molecular formula is C26H27N3O3. The molecule has 0 saturated heterocycles. The van der Waals surface area contributed by atoms with Gasteiger partial charge in [-0.3, -0.25) is 4.79 Å². The van der Waals surface area contributed by atoms with Crippen LogP contribution in [0.4, 0.5) is 0 Å². The van der Waals surface area contributed by atoms with Crippen LogP contribution in [0, 0.1) is 6.92 Å². The molecule has 0 fully saturated rings.